The molecule has 0 aromatic heterocycles. The molecule has 1 aliphatic rings. The SMILES string of the molecule is CCOc1ccc(Br)cc1S(=O)(=O)NC1(CO)CCC1. The number of nitrogens with one attached hydrogen (secondary N) is 1. The fraction of sp³-hybridized carbons (Fsp3) is 0.538. The first-order chi connectivity index (χ1) is 9.42. The van der Waals surface area contributed by atoms with Crippen LogP contribution in [0.2, 0.25) is 0 Å². The van der Waals surface area contributed by atoms with Gasteiger partial charge in [0.15, 0.2) is 0 Å². The van der Waals surface area contributed by atoms with E-state index in [1.54, 1.807) is 19.1 Å². The van der Waals surface area contributed by atoms with Crippen LogP contribution in [-0.2, 0) is 10.0 Å². The molecule has 112 valence electrons. The van der Waals surface area contributed by atoms with Gasteiger partial charge < -0.3 is 9.84 Å². The largest absolute Gasteiger partial charge is 0.492 e. The molecule has 5 nitrogen and oxygen atoms in total. The van der Waals surface area contributed by atoms with Crippen molar-refractivity contribution in [1.29, 1.82) is 0 Å². The number of rotatable bonds is 6. The molecule has 0 heterocycles. The highest BCUT2D eigenvalue weighted by molar-refractivity contribution is 9.10. The van der Waals surface area contributed by atoms with Gasteiger partial charge in [0.25, 0.3) is 0 Å². The van der Waals surface area contributed by atoms with E-state index in [-0.39, 0.29) is 11.5 Å². The minimum Gasteiger partial charge on any atom is -0.492 e. The van der Waals surface area contributed by atoms with Gasteiger partial charge in [-0.3, -0.25) is 0 Å². The summed E-state index contributed by atoms with van der Waals surface area (Å²) in [4.78, 5) is 0.0912. The fourth-order valence-corrected chi connectivity index (χ4v) is 4.34. The van der Waals surface area contributed by atoms with Crippen molar-refractivity contribution < 1.29 is 18.3 Å². The Morgan fingerprint density at radius 1 is 1.45 bits per heavy atom. The average molecular weight is 364 g/mol. The van der Waals surface area contributed by atoms with Crippen LogP contribution in [-0.4, -0.2) is 32.3 Å². The first-order valence-corrected chi connectivity index (χ1v) is 8.77. The molecule has 0 radical (unpaired) electrons. The lowest BCUT2D eigenvalue weighted by Crippen LogP contribution is -2.55. The van der Waals surface area contributed by atoms with Crippen LogP contribution < -0.4 is 9.46 Å². The number of hydrogen-bond acceptors (Lipinski definition) is 4. The zero-order valence-electron chi connectivity index (χ0n) is 11.2. The molecule has 0 atom stereocenters. The molecule has 2 rings (SSSR count). The van der Waals surface area contributed by atoms with Crippen molar-refractivity contribution in [2.45, 2.75) is 36.6 Å². The number of halogens is 1. The van der Waals surface area contributed by atoms with Gasteiger partial charge in [0.1, 0.15) is 10.6 Å². The monoisotopic (exact) mass is 363 g/mol. The summed E-state index contributed by atoms with van der Waals surface area (Å²) < 4.78 is 33.7. The molecule has 0 amide bonds. The Hall–Kier alpha value is -0.630. The fourth-order valence-electron chi connectivity index (χ4n) is 2.20. The van der Waals surface area contributed by atoms with Crippen LogP contribution in [0.25, 0.3) is 0 Å². The van der Waals surface area contributed by atoms with Crippen molar-refractivity contribution in [1.82, 2.24) is 4.72 Å². The third-order valence-electron chi connectivity index (χ3n) is 3.46. The number of sulfonamides is 1. The first-order valence-electron chi connectivity index (χ1n) is 6.50. The third kappa shape index (κ3) is 3.16. The van der Waals surface area contributed by atoms with Gasteiger partial charge in [0.05, 0.1) is 18.8 Å². The summed E-state index contributed by atoms with van der Waals surface area (Å²) in [6.45, 7) is 1.99. The van der Waals surface area contributed by atoms with Crippen molar-refractivity contribution in [2.24, 2.45) is 0 Å². The van der Waals surface area contributed by atoms with Crippen LogP contribution in [0.5, 0.6) is 5.75 Å². The minimum atomic E-state index is -3.73. The van der Waals surface area contributed by atoms with E-state index in [0.29, 0.717) is 29.7 Å². The summed E-state index contributed by atoms with van der Waals surface area (Å²) in [7, 11) is -3.73. The smallest absolute Gasteiger partial charge is 0.244 e. The van der Waals surface area contributed by atoms with Gasteiger partial charge >= 0.3 is 0 Å². The molecule has 2 N–H and O–H groups in total. The topological polar surface area (TPSA) is 75.6 Å². The Kier molecular flexibility index (Phi) is 4.73. The highest BCUT2D eigenvalue weighted by Crippen LogP contribution is 2.35. The van der Waals surface area contributed by atoms with Crippen molar-refractivity contribution in [3.05, 3.63) is 22.7 Å². The Bertz CT molecular complexity index is 579. The zero-order chi connectivity index (χ0) is 14.8. The summed E-state index contributed by atoms with van der Waals surface area (Å²) in [6, 6.07) is 4.86. The first kappa shape index (κ1) is 15.8. The summed E-state index contributed by atoms with van der Waals surface area (Å²) in [5.74, 6) is 0.315. The molecule has 0 bridgehead atoms. The summed E-state index contributed by atoms with van der Waals surface area (Å²) in [5.41, 5.74) is -0.718. The van der Waals surface area contributed by atoms with Gasteiger partial charge in [-0.05, 0) is 44.4 Å². The van der Waals surface area contributed by atoms with Crippen molar-refractivity contribution in [2.75, 3.05) is 13.2 Å². The Morgan fingerprint density at radius 2 is 2.15 bits per heavy atom. The van der Waals surface area contributed by atoms with Crippen LogP contribution in [0.1, 0.15) is 26.2 Å². The molecule has 0 unspecified atom stereocenters. The quantitative estimate of drug-likeness (QED) is 0.810. The third-order valence-corrected chi connectivity index (χ3v) is 5.55. The van der Waals surface area contributed by atoms with Gasteiger partial charge in [-0.25, -0.2) is 13.1 Å². The van der Waals surface area contributed by atoms with Crippen molar-refractivity contribution in [3.63, 3.8) is 0 Å². The molecule has 0 spiro atoms. The number of ether oxygens (including phenoxy) is 1. The van der Waals surface area contributed by atoms with Gasteiger partial charge in [0, 0.05) is 4.47 Å². The van der Waals surface area contributed by atoms with Gasteiger partial charge in [0.2, 0.25) is 10.0 Å². The normalized spacial score (nSPS) is 17.6. The number of hydrogen-bond donors (Lipinski definition) is 2. The van der Waals surface area contributed by atoms with Crippen LogP contribution in [0, 0.1) is 0 Å². The van der Waals surface area contributed by atoms with E-state index < -0.39 is 15.6 Å². The van der Waals surface area contributed by atoms with E-state index in [9.17, 15) is 13.5 Å². The molecule has 0 aliphatic heterocycles. The maximum Gasteiger partial charge on any atom is 0.244 e. The molecule has 1 aromatic carbocycles. The standard InChI is InChI=1S/C13H18BrNO4S/c1-2-19-11-5-4-10(14)8-12(11)20(17,18)15-13(9-16)6-3-7-13/h4-5,8,15-16H,2-3,6-7,9H2,1H3. The van der Waals surface area contributed by atoms with E-state index in [0.717, 1.165) is 6.42 Å². The molecule has 1 aliphatic carbocycles. The second-order valence-electron chi connectivity index (χ2n) is 4.92. The minimum absolute atomic E-state index is 0.0912. The molecule has 20 heavy (non-hydrogen) atoms. The highest BCUT2D eigenvalue weighted by Gasteiger charge is 2.40. The summed E-state index contributed by atoms with van der Waals surface area (Å²) in [6.07, 6.45) is 2.22. The molecule has 1 aromatic rings. The van der Waals surface area contributed by atoms with Crippen molar-refractivity contribution >= 4 is 26.0 Å². The van der Waals surface area contributed by atoms with E-state index >= 15 is 0 Å². The van der Waals surface area contributed by atoms with Crippen LogP contribution in [0.3, 0.4) is 0 Å². The van der Waals surface area contributed by atoms with Gasteiger partial charge in [-0.15, -0.1) is 0 Å². The lowest BCUT2D eigenvalue weighted by Gasteiger charge is -2.40. The van der Waals surface area contributed by atoms with E-state index in [1.165, 1.54) is 6.07 Å². The van der Waals surface area contributed by atoms with Crippen LogP contribution >= 0.6 is 15.9 Å². The molecular weight excluding hydrogens is 346 g/mol. The molecule has 1 fully saturated rings. The molecule has 7 heteroatoms. The average Bonchev–Trinajstić information content (AvgIpc) is 2.36. The maximum absolute atomic E-state index is 12.5. The van der Waals surface area contributed by atoms with E-state index in [1.807, 2.05) is 0 Å². The second-order valence-corrected chi connectivity index (χ2v) is 7.49. The Balaban J connectivity index is 2.35. The Labute approximate surface area is 127 Å². The number of aliphatic hydroxyl groups excluding tert-OH is 1. The molecular formula is C13H18BrNO4S. The molecule has 1 saturated carbocycles. The zero-order valence-corrected chi connectivity index (χ0v) is 13.6. The number of aliphatic hydroxyl groups is 1. The van der Waals surface area contributed by atoms with Crippen molar-refractivity contribution in [3.8, 4) is 5.75 Å². The van der Waals surface area contributed by atoms with E-state index in [2.05, 4.69) is 20.7 Å². The predicted molar refractivity (Wildman–Crippen MR) is 79.3 cm³/mol. The van der Waals surface area contributed by atoms with Gasteiger partial charge in [-0.2, -0.15) is 0 Å². The summed E-state index contributed by atoms with van der Waals surface area (Å²) >= 11 is 3.27. The molecule has 0 saturated heterocycles. The van der Waals surface area contributed by atoms with Crippen LogP contribution in [0.4, 0.5) is 0 Å². The van der Waals surface area contributed by atoms with Crippen LogP contribution in [0.15, 0.2) is 27.6 Å². The highest BCUT2D eigenvalue weighted by atomic mass is 79.9. The van der Waals surface area contributed by atoms with E-state index in [4.69, 9.17) is 4.74 Å². The Morgan fingerprint density at radius 3 is 2.65 bits per heavy atom. The lowest BCUT2D eigenvalue weighted by atomic mass is 9.78. The maximum atomic E-state index is 12.5. The predicted octanol–water partition coefficient (Wildman–Crippen LogP) is 2.04. The van der Waals surface area contributed by atoms with Gasteiger partial charge in [-0.1, -0.05) is 15.9 Å². The lowest BCUT2D eigenvalue weighted by molar-refractivity contribution is 0.110. The second kappa shape index (κ2) is 6.01. The number of benzene rings is 1. The summed E-state index contributed by atoms with van der Waals surface area (Å²) in [5, 5.41) is 9.41.